The third kappa shape index (κ3) is 4.47. The van der Waals surface area contributed by atoms with Crippen molar-refractivity contribution in [3.8, 4) is 0 Å². The average molecular weight is 249 g/mol. The summed E-state index contributed by atoms with van der Waals surface area (Å²) in [5.74, 6) is 0.590. The lowest BCUT2D eigenvalue weighted by Crippen LogP contribution is -2.23. The van der Waals surface area contributed by atoms with Crippen molar-refractivity contribution in [2.24, 2.45) is 0 Å². The van der Waals surface area contributed by atoms with Gasteiger partial charge in [0, 0.05) is 0 Å². The molecule has 3 nitrogen and oxygen atoms in total. The van der Waals surface area contributed by atoms with Gasteiger partial charge in [-0.05, 0) is 12.0 Å². The zero-order chi connectivity index (χ0) is 11.8. The van der Waals surface area contributed by atoms with Gasteiger partial charge < -0.3 is 0 Å². The van der Waals surface area contributed by atoms with Crippen LogP contribution < -0.4 is 5.32 Å². The van der Waals surface area contributed by atoms with E-state index in [1.807, 2.05) is 13.2 Å². The Morgan fingerprint density at radius 3 is 2.00 bits per heavy atom. The molecule has 1 rings (SSSR count). The highest BCUT2D eigenvalue weighted by atomic mass is 32.2. The highest BCUT2D eigenvalue weighted by Crippen LogP contribution is 2.27. The Hall–Kier alpha value is -0.160. The molecule has 0 saturated carbocycles. The van der Waals surface area contributed by atoms with E-state index in [1.165, 1.54) is 29.9 Å². The van der Waals surface area contributed by atoms with Gasteiger partial charge in [0.1, 0.15) is 10.5 Å². The maximum Gasteiger partial charge on any atom is 0.241 e. The van der Waals surface area contributed by atoms with Crippen LogP contribution >= 0.6 is 23.5 Å². The molecule has 2 unspecified atom stereocenters. The monoisotopic (exact) mass is 249 g/mol. The Balaban J connectivity index is 0.000000583. The summed E-state index contributed by atoms with van der Waals surface area (Å²) in [6.45, 7) is 6.23. The smallest absolute Gasteiger partial charge is 0.241 e. The molecule has 1 N–H and O–H groups in total. The second-order valence-corrected chi connectivity index (χ2v) is 5.49. The fourth-order valence-corrected chi connectivity index (χ4v) is 3.19. The first-order valence-corrected chi connectivity index (χ1v) is 7.45. The van der Waals surface area contributed by atoms with E-state index in [4.69, 9.17) is 0 Å². The van der Waals surface area contributed by atoms with Gasteiger partial charge in [0.2, 0.25) is 11.8 Å². The lowest BCUT2D eigenvalue weighted by molar-refractivity contribution is -0.124. The molecule has 1 aliphatic rings. The van der Waals surface area contributed by atoms with E-state index < -0.39 is 0 Å². The van der Waals surface area contributed by atoms with Gasteiger partial charge in [-0.1, -0.05) is 27.2 Å². The largest absolute Gasteiger partial charge is 0.294 e. The number of imide groups is 1. The Morgan fingerprint density at radius 2 is 1.60 bits per heavy atom. The van der Waals surface area contributed by atoms with Crippen LogP contribution in [0.3, 0.4) is 0 Å². The third-order valence-electron chi connectivity index (χ3n) is 1.64. The maximum atomic E-state index is 11.2. The summed E-state index contributed by atoms with van der Waals surface area (Å²) in [7, 11) is 0. The minimum atomic E-state index is -0.192. The first kappa shape index (κ1) is 14.8. The van der Waals surface area contributed by atoms with E-state index in [1.54, 1.807) is 0 Å². The maximum absolute atomic E-state index is 11.2. The molecule has 15 heavy (non-hydrogen) atoms. The predicted octanol–water partition coefficient (Wildman–Crippen LogP) is 1.91. The van der Waals surface area contributed by atoms with Gasteiger partial charge in [-0.2, -0.15) is 11.8 Å². The van der Waals surface area contributed by atoms with Crippen LogP contribution in [-0.2, 0) is 9.59 Å². The van der Waals surface area contributed by atoms with Crippen molar-refractivity contribution in [1.29, 1.82) is 0 Å². The Kier molecular flexibility index (Phi) is 7.96. The molecular formula is C10H19NO2S2. The van der Waals surface area contributed by atoms with Crippen LogP contribution in [0.25, 0.3) is 0 Å². The number of carbonyl (C=O) groups excluding carboxylic acids is 2. The van der Waals surface area contributed by atoms with Crippen molar-refractivity contribution >= 4 is 35.3 Å². The second kappa shape index (κ2) is 8.05. The molecule has 1 saturated heterocycles. The van der Waals surface area contributed by atoms with Crippen LogP contribution in [0.15, 0.2) is 0 Å². The van der Waals surface area contributed by atoms with E-state index in [2.05, 4.69) is 19.2 Å². The SMILES string of the molecule is CCC.CCSC1C(=O)NC(=O)C1SC. The quantitative estimate of drug-likeness (QED) is 0.776. The Bertz CT molecular complexity index is 221. The highest BCUT2D eigenvalue weighted by Gasteiger charge is 2.40. The number of nitrogens with one attached hydrogen (secondary N) is 1. The summed E-state index contributed by atoms with van der Waals surface area (Å²) >= 11 is 2.97. The normalized spacial score (nSPS) is 24.5. The number of hydrogen-bond donors (Lipinski definition) is 1. The van der Waals surface area contributed by atoms with Gasteiger partial charge in [-0.25, -0.2) is 0 Å². The molecule has 1 fully saturated rings. The molecule has 0 spiro atoms. The van der Waals surface area contributed by atoms with Gasteiger partial charge in [-0.15, -0.1) is 11.8 Å². The Labute approximate surface area is 100 Å². The van der Waals surface area contributed by atoms with E-state index in [9.17, 15) is 9.59 Å². The molecule has 0 aliphatic carbocycles. The van der Waals surface area contributed by atoms with Crippen molar-refractivity contribution in [3.63, 3.8) is 0 Å². The fourth-order valence-electron chi connectivity index (χ4n) is 1.11. The van der Waals surface area contributed by atoms with Crippen molar-refractivity contribution in [2.45, 2.75) is 37.7 Å². The molecule has 1 aliphatic heterocycles. The topological polar surface area (TPSA) is 46.2 Å². The molecule has 5 heteroatoms. The van der Waals surface area contributed by atoms with E-state index in [-0.39, 0.29) is 22.3 Å². The minimum absolute atomic E-state index is 0.133. The zero-order valence-corrected chi connectivity index (χ0v) is 11.3. The summed E-state index contributed by atoms with van der Waals surface area (Å²) in [5, 5.41) is 1.96. The van der Waals surface area contributed by atoms with Gasteiger partial charge in [0.05, 0.1) is 0 Å². The highest BCUT2D eigenvalue weighted by molar-refractivity contribution is 8.04. The van der Waals surface area contributed by atoms with E-state index >= 15 is 0 Å². The standard InChI is InChI=1S/C7H11NO2S2.C3H8/c1-3-12-5-4(11-2)6(9)8-7(5)10;1-3-2/h4-5H,3H2,1-2H3,(H,8,9,10);3H2,1-2H3. The fraction of sp³-hybridized carbons (Fsp3) is 0.800. The van der Waals surface area contributed by atoms with Crippen LogP contribution in [0.1, 0.15) is 27.2 Å². The summed E-state index contributed by atoms with van der Waals surface area (Å²) in [6.07, 6.45) is 3.10. The molecule has 0 aromatic heterocycles. The molecule has 0 aromatic rings. The van der Waals surface area contributed by atoms with Crippen molar-refractivity contribution in [1.82, 2.24) is 5.32 Å². The van der Waals surface area contributed by atoms with Crippen LogP contribution in [0.5, 0.6) is 0 Å². The number of thioether (sulfide) groups is 2. The lowest BCUT2D eigenvalue weighted by Gasteiger charge is -2.10. The lowest BCUT2D eigenvalue weighted by atomic mass is 10.3. The molecule has 0 radical (unpaired) electrons. The molecular weight excluding hydrogens is 230 g/mol. The van der Waals surface area contributed by atoms with E-state index in [0.29, 0.717) is 0 Å². The third-order valence-corrected chi connectivity index (χ3v) is 3.98. The zero-order valence-electron chi connectivity index (χ0n) is 9.70. The van der Waals surface area contributed by atoms with Gasteiger partial charge in [-0.3, -0.25) is 14.9 Å². The molecule has 88 valence electrons. The Morgan fingerprint density at radius 1 is 1.13 bits per heavy atom. The van der Waals surface area contributed by atoms with Crippen LogP contribution in [0.4, 0.5) is 0 Å². The van der Waals surface area contributed by atoms with Crippen LogP contribution in [0.2, 0.25) is 0 Å². The summed E-state index contributed by atoms with van der Waals surface area (Å²) in [4.78, 5) is 22.3. The molecule has 0 aromatic carbocycles. The molecule has 2 atom stereocenters. The first-order valence-electron chi connectivity index (χ1n) is 5.11. The molecule has 0 bridgehead atoms. The second-order valence-electron chi connectivity index (χ2n) is 3.09. The van der Waals surface area contributed by atoms with Gasteiger partial charge in [0.25, 0.3) is 0 Å². The van der Waals surface area contributed by atoms with Crippen LogP contribution in [-0.4, -0.2) is 34.3 Å². The summed E-state index contributed by atoms with van der Waals surface area (Å²) in [6, 6.07) is 0. The van der Waals surface area contributed by atoms with Crippen molar-refractivity contribution in [3.05, 3.63) is 0 Å². The van der Waals surface area contributed by atoms with Crippen LogP contribution in [0, 0.1) is 0 Å². The number of carbonyl (C=O) groups is 2. The van der Waals surface area contributed by atoms with Gasteiger partial charge >= 0.3 is 0 Å². The van der Waals surface area contributed by atoms with Crippen molar-refractivity contribution < 1.29 is 9.59 Å². The number of hydrogen-bond acceptors (Lipinski definition) is 4. The van der Waals surface area contributed by atoms with E-state index in [0.717, 1.165) is 5.75 Å². The van der Waals surface area contributed by atoms with Gasteiger partial charge in [0.15, 0.2) is 0 Å². The number of amides is 2. The first-order chi connectivity index (χ1) is 7.12. The summed E-state index contributed by atoms with van der Waals surface area (Å²) < 4.78 is 0. The summed E-state index contributed by atoms with van der Waals surface area (Å²) in [5.41, 5.74) is 0. The molecule has 2 amide bonds. The average Bonchev–Trinajstić information content (AvgIpc) is 2.43. The minimum Gasteiger partial charge on any atom is -0.294 e. The predicted molar refractivity (Wildman–Crippen MR) is 68.3 cm³/mol. The molecule has 1 heterocycles. The number of rotatable bonds is 3. The van der Waals surface area contributed by atoms with Crippen molar-refractivity contribution in [2.75, 3.05) is 12.0 Å².